The lowest BCUT2D eigenvalue weighted by atomic mass is 9.85. The molecule has 0 saturated heterocycles. The number of hydrogen-bond donors (Lipinski definition) is 0. The minimum atomic E-state index is -0.306. The van der Waals surface area contributed by atoms with E-state index in [1.54, 1.807) is 0 Å². The average molecular weight is 334 g/mol. The Bertz CT molecular complexity index is 739. The highest BCUT2D eigenvalue weighted by Gasteiger charge is 2.14. The van der Waals surface area contributed by atoms with Gasteiger partial charge in [-0.3, -0.25) is 0 Å². The summed E-state index contributed by atoms with van der Waals surface area (Å²) >= 11 is 0. The van der Waals surface area contributed by atoms with Crippen molar-refractivity contribution in [2.24, 2.45) is 5.92 Å². The Morgan fingerprint density at radius 2 is 1.76 bits per heavy atom. The van der Waals surface area contributed by atoms with E-state index in [0.717, 1.165) is 18.8 Å². The van der Waals surface area contributed by atoms with Crippen LogP contribution < -0.4 is 4.74 Å². The Balaban J connectivity index is 1.65. The molecule has 25 heavy (non-hydrogen) atoms. The minimum absolute atomic E-state index is 0.306. The largest absolute Gasteiger partial charge is 0.423 e. The zero-order valence-corrected chi connectivity index (χ0v) is 15.1. The second-order valence-corrected chi connectivity index (χ2v) is 6.74. The molecule has 0 aromatic heterocycles. The first kappa shape index (κ1) is 17.5. The fourth-order valence-electron chi connectivity index (χ4n) is 3.30. The lowest BCUT2D eigenvalue weighted by Crippen LogP contribution is -2.08. The molecule has 0 aliphatic heterocycles. The van der Waals surface area contributed by atoms with Gasteiger partial charge in [0.1, 0.15) is 5.75 Å². The number of ether oxygens (including phenoxy) is 1. The molecule has 0 heterocycles. The molecule has 0 amide bonds. The van der Waals surface area contributed by atoms with Crippen molar-refractivity contribution in [1.29, 1.82) is 0 Å². The van der Waals surface area contributed by atoms with E-state index in [1.165, 1.54) is 36.0 Å². The van der Waals surface area contributed by atoms with Crippen molar-refractivity contribution in [2.45, 2.75) is 46.0 Å². The monoisotopic (exact) mass is 334 g/mol. The third-order valence-electron chi connectivity index (χ3n) is 5.13. The van der Waals surface area contributed by atoms with Gasteiger partial charge in [0.2, 0.25) is 0 Å². The van der Waals surface area contributed by atoms with Gasteiger partial charge < -0.3 is 4.74 Å². The van der Waals surface area contributed by atoms with E-state index in [-0.39, 0.29) is 5.97 Å². The Labute approximate surface area is 150 Å². The molecule has 0 spiro atoms. The first-order valence-electron chi connectivity index (χ1n) is 9.30. The summed E-state index contributed by atoms with van der Waals surface area (Å²) in [5.41, 5.74) is 4.44. The second kappa shape index (κ2) is 8.15. The maximum Gasteiger partial charge on any atom is 0.343 e. The van der Waals surface area contributed by atoms with Crippen molar-refractivity contribution < 1.29 is 9.53 Å². The average Bonchev–Trinajstić information content (AvgIpc) is 2.69. The van der Waals surface area contributed by atoms with Crippen molar-refractivity contribution in [1.82, 2.24) is 0 Å². The van der Waals surface area contributed by atoms with Crippen LogP contribution in [-0.2, 0) is 6.42 Å². The second-order valence-electron chi connectivity index (χ2n) is 6.74. The topological polar surface area (TPSA) is 26.3 Å². The molecular weight excluding hydrogens is 308 g/mol. The summed E-state index contributed by atoms with van der Waals surface area (Å²) in [6, 6.07) is 15.5. The molecule has 2 aromatic rings. The van der Waals surface area contributed by atoms with Gasteiger partial charge in [0.05, 0.1) is 5.56 Å². The molecule has 0 saturated carbocycles. The molecule has 2 aromatic carbocycles. The SMILES string of the molecule is CCc1ccc(OC(=O)c2ccc(C3=CCC(CC)CC3)cc2)cc1. The molecular formula is C23H26O2. The van der Waals surface area contributed by atoms with Crippen molar-refractivity contribution in [3.05, 3.63) is 71.3 Å². The third kappa shape index (κ3) is 4.39. The smallest absolute Gasteiger partial charge is 0.343 e. The molecule has 2 nitrogen and oxygen atoms in total. The van der Waals surface area contributed by atoms with E-state index in [0.29, 0.717) is 11.3 Å². The molecule has 0 bridgehead atoms. The molecule has 1 unspecified atom stereocenters. The van der Waals surface area contributed by atoms with E-state index >= 15 is 0 Å². The van der Waals surface area contributed by atoms with Crippen LogP contribution in [-0.4, -0.2) is 5.97 Å². The quantitative estimate of drug-likeness (QED) is 0.490. The van der Waals surface area contributed by atoms with Gasteiger partial charge >= 0.3 is 5.97 Å². The molecule has 1 aliphatic rings. The number of benzene rings is 2. The van der Waals surface area contributed by atoms with E-state index in [9.17, 15) is 4.79 Å². The molecule has 3 rings (SSSR count). The van der Waals surface area contributed by atoms with Crippen LogP contribution in [0.25, 0.3) is 5.57 Å². The van der Waals surface area contributed by atoms with E-state index in [4.69, 9.17) is 4.74 Å². The van der Waals surface area contributed by atoms with Gasteiger partial charge in [0.15, 0.2) is 0 Å². The zero-order valence-electron chi connectivity index (χ0n) is 15.1. The van der Waals surface area contributed by atoms with Crippen molar-refractivity contribution in [2.75, 3.05) is 0 Å². The van der Waals surface area contributed by atoms with Gasteiger partial charge in [-0.1, -0.05) is 50.6 Å². The standard InChI is InChI=1S/C23H26O2/c1-3-17-5-9-19(10-6-17)20-11-13-21(14-12-20)23(24)25-22-15-7-18(4-2)8-16-22/h7-9,11-17H,3-6,10H2,1-2H3. The van der Waals surface area contributed by atoms with Crippen molar-refractivity contribution in [3.8, 4) is 5.75 Å². The molecule has 0 radical (unpaired) electrons. The Morgan fingerprint density at radius 1 is 1.04 bits per heavy atom. The molecule has 0 N–H and O–H groups in total. The fourth-order valence-corrected chi connectivity index (χ4v) is 3.30. The fraction of sp³-hybridized carbons (Fsp3) is 0.348. The van der Waals surface area contributed by atoms with Gasteiger partial charge in [-0.25, -0.2) is 4.79 Å². The van der Waals surface area contributed by atoms with Crippen LogP contribution in [0.4, 0.5) is 0 Å². The number of hydrogen-bond acceptors (Lipinski definition) is 2. The summed E-state index contributed by atoms with van der Waals surface area (Å²) in [7, 11) is 0. The Kier molecular flexibility index (Phi) is 5.70. The summed E-state index contributed by atoms with van der Waals surface area (Å²) in [4.78, 5) is 12.3. The maximum atomic E-state index is 12.3. The lowest BCUT2D eigenvalue weighted by Gasteiger charge is -2.20. The Hall–Kier alpha value is -2.35. The number of carbonyl (C=O) groups is 1. The molecule has 1 atom stereocenters. The van der Waals surface area contributed by atoms with Crippen molar-refractivity contribution in [3.63, 3.8) is 0 Å². The summed E-state index contributed by atoms with van der Waals surface area (Å²) in [5.74, 6) is 1.11. The van der Waals surface area contributed by atoms with Gasteiger partial charge in [-0.2, -0.15) is 0 Å². The predicted octanol–water partition coefficient (Wildman–Crippen LogP) is 6.06. The number of rotatable bonds is 5. The number of esters is 1. The molecule has 0 fully saturated rings. The van der Waals surface area contributed by atoms with Crippen molar-refractivity contribution >= 4 is 11.5 Å². The predicted molar refractivity (Wildman–Crippen MR) is 103 cm³/mol. The van der Waals surface area contributed by atoms with Gasteiger partial charge in [0, 0.05) is 0 Å². The number of carbonyl (C=O) groups excluding carboxylic acids is 1. The first-order chi connectivity index (χ1) is 12.2. The van der Waals surface area contributed by atoms with E-state index < -0.39 is 0 Å². The van der Waals surface area contributed by atoms with Crippen LogP contribution in [0.5, 0.6) is 5.75 Å². The van der Waals surface area contributed by atoms with Crippen LogP contribution in [0.2, 0.25) is 0 Å². The number of allylic oxidation sites excluding steroid dienone is 2. The lowest BCUT2D eigenvalue weighted by molar-refractivity contribution is 0.0734. The highest BCUT2D eigenvalue weighted by atomic mass is 16.5. The highest BCUT2D eigenvalue weighted by Crippen LogP contribution is 2.31. The summed E-state index contributed by atoms with van der Waals surface area (Å²) in [5, 5.41) is 0. The van der Waals surface area contributed by atoms with E-state index in [1.807, 2.05) is 48.5 Å². The molecule has 2 heteroatoms. The summed E-state index contributed by atoms with van der Waals surface area (Å²) in [6.07, 6.45) is 8.16. The molecule has 1 aliphatic carbocycles. The van der Waals surface area contributed by atoms with Crippen LogP contribution in [0.15, 0.2) is 54.6 Å². The van der Waals surface area contributed by atoms with Gasteiger partial charge in [0.25, 0.3) is 0 Å². The zero-order chi connectivity index (χ0) is 17.6. The van der Waals surface area contributed by atoms with Crippen LogP contribution >= 0.6 is 0 Å². The van der Waals surface area contributed by atoms with Crippen LogP contribution in [0.1, 0.15) is 61.0 Å². The third-order valence-corrected chi connectivity index (χ3v) is 5.13. The van der Waals surface area contributed by atoms with E-state index in [2.05, 4.69) is 19.9 Å². The first-order valence-corrected chi connectivity index (χ1v) is 9.30. The molecule has 130 valence electrons. The number of aryl methyl sites for hydroxylation is 1. The highest BCUT2D eigenvalue weighted by molar-refractivity contribution is 5.91. The minimum Gasteiger partial charge on any atom is -0.423 e. The van der Waals surface area contributed by atoms with Crippen LogP contribution in [0, 0.1) is 5.92 Å². The van der Waals surface area contributed by atoms with Gasteiger partial charge in [-0.05, 0) is 72.6 Å². The summed E-state index contributed by atoms with van der Waals surface area (Å²) in [6.45, 7) is 4.37. The summed E-state index contributed by atoms with van der Waals surface area (Å²) < 4.78 is 5.46. The normalized spacial score (nSPS) is 17.0. The maximum absolute atomic E-state index is 12.3. The Morgan fingerprint density at radius 3 is 2.32 bits per heavy atom. The van der Waals surface area contributed by atoms with Crippen LogP contribution in [0.3, 0.4) is 0 Å². The van der Waals surface area contributed by atoms with Gasteiger partial charge in [-0.15, -0.1) is 0 Å².